The van der Waals surface area contributed by atoms with Crippen LogP contribution in [0.4, 0.5) is 4.39 Å². The van der Waals surface area contributed by atoms with Crippen LogP contribution in [0.1, 0.15) is 58.4 Å². The average Bonchev–Trinajstić information content (AvgIpc) is 3.02. The number of amides is 3. The molecule has 1 fully saturated rings. The highest BCUT2D eigenvalue weighted by atomic mass is 19.1. The highest BCUT2D eigenvalue weighted by molar-refractivity contribution is 5.91. The molecule has 0 unspecified atom stereocenters. The van der Waals surface area contributed by atoms with Gasteiger partial charge in [-0.1, -0.05) is 25.0 Å². The number of hydrazine groups is 1. The lowest BCUT2D eigenvalue weighted by atomic mass is 9.81. The minimum absolute atomic E-state index is 0.0259. The van der Waals surface area contributed by atoms with Crippen molar-refractivity contribution < 1.29 is 18.8 Å². The van der Waals surface area contributed by atoms with E-state index >= 15 is 0 Å². The quantitative estimate of drug-likeness (QED) is 0.689. The number of rotatable bonds is 5. The van der Waals surface area contributed by atoms with Gasteiger partial charge in [0.1, 0.15) is 5.82 Å². The molecule has 0 bridgehead atoms. The van der Waals surface area contributed by atoms with Crippen molar-refractivity contribution in [1.29, 1.82) is 0 Å². The summed E-state index contributed by atoms with van der Waals surface area (Å²) < 4.78 is 12.9. The van der Waals surface area contributed by atoms with Gasteiger partial charge >= 0.3 is 0 Å². The first-order chi connectivity index (χ1) is 12.6. The summed E-state index contributed by atoms with van der Waals surface area (Å²) in [6, 6.07) is 5.60. The number of hydrogen-bond donors (Lipinski definition) is 3. The Morgan fingerprint density at radius 3 is 2.15 bits per heavy atom. The van der Waals surface area contributed by atoms with Gasteiger partial charge in [0.25, 0.3) is 0 Å². The molecule has 6 nitrogen and oxygen atoms in total. The highest BCUT2D eigenvalue weighted by Gasteiger charge is 2.43. The smallest absolute Gasteiger partial charge is 0.245 e. The molecule has 0 aliphatic heterocycles. The number of halogens is 1. The molecule has 1 aliphatic rings. The van der Waals surface area contributed by atoms with Crippen molar-refractivity contribution in [2.24, 2.45) is 5.41 Å². The Morgan fingerprint density at radius 1 is 1.00 bits per heavy atom. The largest absolute Gasteiger partial charge is 0.351 e. The molecule has 148 valence electrons. The van der Waals surface area contributed by atoms with Gasteiger partial charge < -0.3 is 5.32 Å². The average molecular weight is 377 g/mol. The van der Waals surface area contributed by atoms with Crippen LogP contribution in [0, 0.1) is 11.2 Å². The van der Waals surface area contributed by atoms with E-state index in [0.29, 0.717) is 18.4 Å². The van der Waals surface area contributed by atoms with Crippen LogP contribution < -0.4 is 16.2 Å². The van der Waals surface area contributed by atoms with Crippen LogP contribution >= 0.6 is 0 Å². The number of benzene rings is 1. The van der Waals surface area contributed by atoms with Gasteiger partial charge in [0.15, 0.2) is 0 Å². The first kappa shape index (κ1) is 20.9. The number of carbonyl (C=O) groups excluding carboxylic acids is 3. The fraction of sp³-hybridized carbons (Fsp3) is 0.550. The van der Waals surface area contributed by atoms with Crippen LogP contribution in [-0.4, -0.2) is 23.3 Å². The third kappa shape index (κ3) is 6.34. The molecule has 3 amide bonds. The summed E-state index contributed by atoms with van der Waals surface area (Å²) in [4.78, 5) is 37.1. The molecule has 1 aromatic carbocycles. The molecule has 1 aliphatic carbocycles. The van der Waals surface area contributed by atoms with Crippen molar-refractivity contribution in [2.75, 3.05) is 0 Å². The summed E-state index contributed by atoms with van der Waals surface area (Å²) in [7, 11) is 0. The fourth-order valence-electron chi connectivity index (χ4n) is 3.40. The van der Waals surface area contributed by atoms with Crippen LogP contribution in [0.5, 0.6) is 0 Å². The Kier molecular flexibility index (Phi) is 6.57. The second-order valence-electron chi connectivity index (χ2n) is 8.27. The van der Waals surface area contributed by atoms with Gasteiger partial charge in [-0.2, -0.15) is 0 Å². The Labute approximate surface area is 159 Å². The summed E-state index contributed by atoms with van der Waals surface area (Å²) in [5.74, 6) is -1.28. The molecule has 7 heteroatoms. The standard InChI is InChI=1S/C20H28FN3O3/c1-19(2,3)22-17(26)13-20(10-4-5-11-20)18(27)24-23-16(25)12-14-6-8-15(21)9-7-14/h6-9H,4-5,10-13H2,1-3H3,(H,22,26)(H,23,25)(H,24,27). The Balaban J connectivity index is 1.91. The monoisotopic (exact) mass is 377 g/mol. The van der Waals surface area contributed by atoms with E-state index in [2.05, 4.69) is 16.2 Å². The molecule has 2 rings (SSSR count). The minimum Gasteiger partial charge on any atom is -0.351 e. The van der Waals surface area contributed by atoms with Crippen molar-refractivity contribution >= 4 is 17.7 Å². The van der Waals surface area contributed by atoms with Crippen LogP contribution in [0.2, 0.25) is 0 Å². The van der Waals surface area contributed by atoms with Crippen LogP contribution in [0.25, 0.3) is 0 Å². The molecule has 0 spiro atoms. The lowest BCUT2D eigenvalue weighted by Gasteiger charge is -2.29. The van der Waals surface area contributed by atoms with E-state index in [9.17, 15) is 18.8 Å². The zero-order valence-electron chi connectivity index (χ0n) is 16.2. The van der Waals surface area contributed by atoms with E-state index in [-0.39, 0.29) is 36.0 Å². The highest BCUT2D eigenvalue weighted by Crippen LogP contribution is 2.41. The maximum atomic E-state index is 12.9. The van der Waals surface area contributed by atoms with Gasteiger partial charge in [-0.25, -0.2) is 4.39 Å². The van der Waals surface area contributed by atoms with Gasteiger partial charge in [0.05, 0.1) is 11.8 Å². The van der Waals surface area contributed by atoms with Crippen LogP contribution in [0.15, 0.2) is 24.3 Å². The Hall–Kier alpha value is -2.44. The van der Waals surface area contributed by atoms with E-state index < -0.39 is 11.3 Å². The second kappa shape index (κ2) is 8.50. The van der Waals surface area contributed by atoms with E-state index in [0.717, 1.165) is 12.8 Å². The number of hydrogen-bond acceptors (Lipinski definition) is 3. The molecule has 3 N–H and O–H groups in total. The number of carbonyl (C=O) groups is 3. The van der Waals surface area contributed by atoms with Crippen molar-refractivity contribution in [3.8, 4) is 0 Å². The van der Waals surface area contributed by atoms with Gasteiger partial charge in [0, 0.05) is 12.0 Å². The third-order valence-electron chi connectivity index (χ3n) is 4.65. The molecule has 0 atom stereocenters. The summed E-state index contributed by atoms with van der Waals surface area (Å²) in [5.41, 5.74) is 4.36. The summed E-state index contributed by atoms with van der Waals surface area (Å²) in [5, 5.41) is 2.89. The normalized spacial score (nSPS) is 15.9. The molecule has 0 heterocycles. The lowest BCUT2D eigenvalue weighted by Crippen LogP contribution is -2.51. The zero-order chi connectivity index (χ0) is 20.1. The van der Waals surface area contributed by atoms with Gasteiger partial charge in [-0.05, 0) is 51.3 Å². The predicted octanol–water partition coefficient (Wildman–Crippen LogP) is 2.38. The second-order valence-corrected chi connectivity index (χ2v) is 8.27. The number of nitrogens with one attached hydrogen (secondary N) is 3. The van der Waals surface area contributed by atoms with Crippen molar-refractivity contribution in [3.05, 3.63) is 35.6 Å². The first-order valence-electron chi connectivity index (χ1n) is 9.24. The van der Waals surface area contributed by atoms with Gasteiger partial charge in [-0.3, -0.25) is 25.2 Å². The summed E-state index contributed by atoms with van der Waals surface area (Å²) in [6.07, 6.45) is 3.11. The van der Waals surface area contributed by atoms with Gasteiger partial charge in [-0.15, -0.1) is 0 Å². The van der Waals surface area contributed by atoms with E-state index in [1.54, 1.807) is 0 Å². The third-order valence-corrected chi connectivity index (χ3v) is 4.65. The SMILES string of the molecule is CC(C)(C)NC(=O)CC1(C(=O)NNC(=O)Cc2ccc(F)cc2)CCCC1. The van der Waals surface area contributed by atoms with E-state index in [1.165, 1.54) is 24.3 Å². The van der Waals surface area contributed by atoms with Crippen LogP contribution in [-0.2, 0) is 20.8 Å². The topological polar surface area (TPSA) is 87.3 Å². The first-order valence-corrected chi connectivity index (χ1v) is 9.24. The van der Waals surface area contributed by atoms with E-state index in [1.807, 2.05) is 20.8 Å². The maximum Gasteiger partial charge on any atom is 0.245 e. The Bertz CT molecular complexity index is 689. The summed E-state index contributed by atoms with van der Waals surface area (Å²) >= 11 is 0. The fourth-order valence-corrected chi connectivity index (χ4v) is 3.40. The molecule has 1 saturated carbocycles. The molecular formula is C20H28FN3O3. The van der Waals surface area contributed by atoms with E-state index in [4.69, 9.17) is 0 Å². The van der Waals surface area contributed by atoms with Crippen LogP contribution in [0.3, 0.4) is 0 Å². The molecule has 0 radical (unpaired) electrons. The molecule has 0 saturated heterocycles. The van der Waals surface area contributed by atoms with Crippen molar-refractivity contribution in [3.63, 3.8) is 0 Å². The minimum atomic E-state index is -0.793. The molecular weight excluding hydrogens is 349 g/mol. The summed E-state index contributed by atoms with van der Waals surface area (Å²) in [6.45, 7) is 5.67. The lowest BCUT2D eigenvalue weighted by molar-refractivity contribution is -0.139. The molecule has 1 aromatic rings. The zero-order valence-corrected chi connectivity index (χ0v) is 16.2. The molecule has 0 aromatic heterocycles. The van der Waals surface area contributed by atoms with Crippen molar-refractivity contribution in [2.45, 2.75) is 64.8 Å². The maximum absolute atomic E-state index is 12.9. The predicted molar refractivity (Wildman–Crippen MR) is 99.8 cm³/mol. The Morgan fingerprint density at radius 2 is 1.59 bits per heavy atom. The van der Waals surface area contributed by atoms with Crippen molar-refractivity contribution in [1.82, 2.24) is 16.2 Å². The molecule has 27 heavy (non-hydrogen) atoms. The van der Waals surface area contributed by atoms with Gasteiger partial charge in [0.2, 0.25) is 17.7 Å².